The molecule has 0 aliphatic rings. The Morgan fingerprint density at radius 1 is 1.38 bits per heavy atom. The molecule has 0 aliphatic carbocycles. The fraction of sp³-hybridized carbons (Fsp3) is 0.312. The average Bonchev–Trinajstić information content (AvgIpc) is 2.92. The van der Waals surface area contributed by atoms with E-state index in [0.717, 1.165) is 11.3 Å². The largest absolute Gasteiger partial charge is 0.468 e. The Morgan fingerprint density at radius 2 is 2.14 bits per heavy atom. The Bertz CT molecular complexity index is 609. The summed E-state index contributed by atoms with van der Waals surface area (Å²) >= 11 is 0. The van der Waals surface area contributed by atoms with E-state index in [1.807, 2.05) is 25.1 Å². The van der Waals surface area contributed by atoms with Crippen LogP contribution < -0.4 is 5.32 Å². The van der Waals surface area contributed by atoms with E-state index in [-0.39, 0.29) is 11.6 Å². The molecular formula is C16H19FN2O2. The van der Waals surface area contributed by atoms with Gasteiger partial charge in [0.2, 0.25) is 0 Å². The molecule has 0 fully saturated rings. The summed E-state index contributed by atoms with van der Waals surface area (Å²) in [5.41, 5.74) is 0.836. The average molecular weight is 290 g/mol. The normalized spacial score (nSPS) is 12.4. The molecule has 1 N–H and O–H groups in total. The summed E-state index contributed by atoms with van der Waals surface area (Å²) in [5, 5.41) is 2.75. The van der Waals surface area contributed by atoms with Gasteiger partial charge in [0.15, 0.2) is 0 Å². The van der Waals surface area contributed by atoms with Gasteiger partial charge in [-0.1, -0.05) is 6.07 Å². The quantitative estimate of drug-likeness (QED) is 0.921. The number of rotatable bonds is 5. The van der Waals surface area contributed by atoms with Gasteiger partial charge in [0, 0.05) is 6.54 Å². The first-order chi connectivity index (χ1) is 9.99. The van der Waals surface area contributed by atoms with E-state index in [4.69, 9.17) is 4.42 Å². The predicted octanol–water partition coefficient (Wildman–Crippen LogP) is 2.76. The van der Waals surface area contributed by atoms with Gasteiger partial charge < -0.3 is 9.73 Å². The van der Waals surface area contributed by atoms with Gasteiger partial charge >= 0.3 is 0 Å². The van der Waals surface area contributed by atoms with E-state index < -0.39 is 11.7 Å². The molecule has 2 aromatic rings. The minimum absolute atomic E-state index is 0.0533. The lowest BCUT2D eigenvalue weighted by Crippen LogP contribution is -2.34. The molecule has 112 valence electrons. The molecule has 0 spiro atoms. The second-order valence-electron chi connectivity index (χ2n) is 5.19. The number of hydrogen-bond donors (Lipinski definition) is 1. The highest BCUT2D eigenvalue weighted by Crippen LogP contribution is 2.18. The zero-order chi connectivity index (χ0) is 15.4. The molecule has 2 rings (SSSR count). The number of nitrogens with one attached hydrogen (secondary N) is 1. The molecule has 1 heterocycles. The zero-order valence-electron chi connectivity index (χ0n) is 12.4. The highest BCUT2D eigenvalue weighted by atomic mass is 19.1. The SMILES string of the molecule is Cc1ccc(C(=O)NCC(c2ccco2)N(C)C)c(F)c1. The van der Waals surface area contributed by atoms with Gasteiger partial charge in [0.1, 0.15) is 11.6 Å². The van der Waals surface area contributed by atoms with E-state index in [1.165, 1.54) is 12.1 Å². The smallest absolute Gasteiger partial charge is 0.254 e. The van der Waals surface area contributed by atoms with Crippen LogP contribution in [-0.4, -0.2) is 31.4 Å². The van der Waals surface area contributed by atoms with Crippen LogP contribution in [0.25, 0.3) is 0 Å². The van der Waals surface area contributed by atoms with Gasteiger partial charge in [0.05, 0.1) is 17.9 Å². The monoisotopic (exact) mass is 290 g/mol. The van der Waals surface area contributed by atoms with Crippen LogP contribution in [0.15, 0.2) is 41.0 Å². The van der Waals surface area contributed by atoms with Gasteiger partial charge in [-0.3, -0.25) is 9.69 Å². The van der Waals surface area contributed by atoms with Crippen molar-refractivity contribution in [3.8, 4) is 0 Å². The molecule has 0 saturated heterocycles. The molecule has 1 aromatic carbocycles. The topological polar surface area (TPSA) is 45.5 Å². The van der Waals surface area contributed by atoms with E-state index in [9.17, 15) is 9.18 Å². The Labute approximate surface area is 123 Å². The highest BCUT2D eigenvalue weighted by molar-refractivity contribution is 5.94. The van der Waals surface area contributed by atoms with Crippen molar-refractivity contribution in [1.82, 2.24) is 10.2 Å². The van der Waals surface area contributed by atoms with Gasteiger partial charge in [-0.25, -0.2) is 4.39 Å². The lowest BCUT2D eigenvalue weighted by atomic mass is 10.1. The van der Waals surface area contributed by atoms with Crippen molar-refractivity contribution in [2.24, 2.45) is 0 Å². The third-order valence-electron chi connectivity index (χ3n) is 3.32. The summed E-state index contributed by atoms with van der Waals surface area (Å²) in [6.45, 7) is 2.12. The number of carbonyl (C=O) groups is 1. The van der Waals surface area contributed by atoms with Crippen LogP contribution in [0.2, 0.25) is 0 Å². The minimum atomic E-state index is -0.507. The number of carbonyl (C=O) groups excluding carboxylic acids is 1. The van der Waals surface area contributed by atoms with Crippen molar-refractivity contribution in [2.75, 3.05) is 20.6 Å². The molecule has 1 unspecified atom stereocenters. The van der Waals surface area contributed by atoms with Crippen LogP contribution in [0, 0.1) is 12.7 Å². The summed E-state index contributed by atoms with van der Waals surface area (Å²) in [6.07, 6.45) is 1.59. The fourth-order valence-electron chi connectivity index (χ4n) is 2.11. The van der Waals surface area contributed by atoms with Gasteiger partial charge in [-0.05, 0) is 50.8 Å². The van der Waals surface area contributed by atoms with Crippen molar-refractivity contribution in [2.45, 2.75) is 13.0 Å². The maximum atomic E-state index is 13.8. The molecular weight excluding hydrogens is 271 g/mol. The number of hydrogen-bond acceptors (Lipinski definition) is 3. The fourth-order valence-corrected chi connectivity index (χ4v) is 2.11. The molecule has 1 amide bonds. The van der Waals surface area contributed by atoms with Crippen LogP contribution in [0.3, 0.4) is 0 Å². The van der Waals surface area contributed by atoms with Crippen molar-refractivity contribution in [3.05, 3.63) is 59.3 Å². The third kappa shape index (κ3) is 3.70. The van der Waals surface area contributed by atoms with E-state index in [0.29, 0.717) is 6.54 Å². The number of benzene rings is 1. The van der Waals surface area contributed by atoms with Crippen LogP contribution in [-0.2, 0) is 0 Å². The van der Waals surface area contributed by atoms with E-state index in [2.05, 4.69) is 5.32 Å². The zero-order valence-corrected chi connectivity index (χ0v) is 12.4. The number of amides is 1. The molecule has 0 radical (unpaired) electrons. The Kier molecular flexibility index (Phi) is 4.75. The lowest BCUT2D eigenvalue weighted by molar-refractivity contribution is 0.0935. The van der Waals surface area contributed by atoms with Crippen molar-refractivity contribution < 1.29 is 13.6 Å². The molecule has 0 bridgehead atoms. The Hall–Kier alpha value is -2.14. The number of aryl methyl sites for hydroxylation is 1. The molecule has 0 aliphatic heterocycles. The number of likely N-dealkylation sites (N-methyl/N-ethyl adjacent to an activating group) is 1. The van der Waals surface area contributed by atoms with Crippen LogP contribution in [0.4, 0.5) is 4.39 Å². The van der Waals surface area contributed by atoms with Crippen LogP contribution in [0.1, 0.15) is 27.7 Å². The minimum Gasteiger partial charge on any atom is -0.468 e. The molecule has 4 nitrogen and oxygen atoms in total. The van der Waals surface area contributed by atoms with Crippen LogP contribution >= 0.6 is 0 Å². The summed E-state index contributed by atoms with van der Waals surface area (Å²) in [4.78, 5) is 14.0. The maximum Gasteiger partial charge on any atom is 0.254 e. The van der Waals surface area contributed by atoms with Crippen LogP contribution in [0.5, 0.6) is 0 Å². The van der Waals surface area contributed by atoms with Gasteiger partial charge in [-0.2, -0.15) is 0 Å². The van der Waals surface area contributed by atoms with Crippen molar-refractivity contribution >= 4 is 5.91 Å². The number of furan rings is 1. The summed E-state index contributed by atoms with van der Waals surface area (Å²) < 4.78 is 19.1. The Balaban J connectivity index is 2.05. The second kappa shape index (κ2) is 6.54. The van der Waals surface area contributed by atoms with E-state index in [1.54, 1.807) is 25.3 Å². The number of nitrogens with zero attached hydrogens (tertiary/aromatic N) is 1. The highest BCUT2D eigenvalue weighted by Gasteiger charge is 2.19. The van der Waals surface area contributed by atoms with Gasteiger partial charge in [0.25, 0.3) is 5.91 Å². The molecule has 1 aromatic heterocycles. The molecule has 0 saturated carbocycles. The summed E-state index contributed by atoms with van der Waals surface area (Å²) in [7, 11) is 3.79. The first kappa shape index (κ1) is 15.3. The Morgan fingerprint density at radius 3 is 2.71 bits per heavy atom. The van der Waals surface area contributed by atoms with Crippen molar-refractivity contribution in [1.29, 1.82) is 0 Å². The van der Waals surface area contributed by atoms with Gasteiger partial charge in [-0.15, -0.1) is 0 Å². The standard InChI is InChI=1S/C16H19FN2O2/c1-11-6-7-12(13(17)9-11)16(20)18-10-14(19(2)3)15-5-4-8-21-15/h4-9,14H,10H2,1-3H3,(H,18,20). The predicted molar refractivity (Wildman–Crippen MR) is 78.6 cm³/mol. The molecule has 21 heavy (non-hydrogen) atoms. The van der Waals surface area contributed by atoms with E-state index >= 15 is 0 Å². The second-order valence-corrected chi connectivity index (χ2v) is 5.19. The first-order valence-corrected chi connectivity index (χ1v) is 6.73. The van der Waals surface area contributed by atoms with Crippen molar-refractivity contribution in [3.63, 3.8) is 0 Å². The lowest BCUT2D eigenvalue weighted by Gasteiger charge is -2.22. The number of halogens is 1. The molecule has 1 atom stereocenters. The summed E-state index contributed by atoms with van der Waals surface area (Å²) in [6, 6.07) is 8.12. The first-order valence-electron chi connectivity index (χ1n) is 6.73. The maximum absolute atomic E-state index is 13.8. The molecule has 5 heteroatoms. The third-order valence-corrected chi connectivity index (χ3v) is 3.32. The summed E-state index contributed by atoms with van der Waals surface area (Å²) in [5.74, 6) is -0.178.